The number of nitrogens with zero attached hydrogens (tertiary/aromatic N) is 3. The number of hydrogen-bond acceptors (Lipinski definition) is 3. The zero-order valence-corrected chi connectivity index (χ0v) is 13.8. The molecule has 122 valence electrons. The van der Waals surface area contributed by atoms with E-state index < -0.39 is 0 Å². The summed E-state index contributed by atoms with van der Waals surface area (Å²) in [7, 11) is 0. The van der Waals surface area contributed by atoms with Crippen molar-refractivity contribution in [3.63, 3.8) is 0 Å². The van der Waals surface area contributed by atoms with Crippen LogP contribution in [0.25, 0.3) is 11.0 Å². The summed E-state index contributed by atoms with van der Waals surface area (Å²) in [5.74, 6) is 0.759. The summed E-state index contributed by atoms with van der Waals surface area (Å²) in [6.45, 7) is 6.14. The number of rotatable bonds is 3. The van der Waals surface area contributed by atoms with Gasteiger partial charge >= 0.3 is 0 Å². The molecular weight excluding hydrogens is 284 g/mol. The van der Waals surface area contributed by atoms with Crippen molar-refractivity contribution in [1.82, 2.24) is 19.8 Å². The SMILES string of the molecule is c1cnc2[nH]c(C3CC3)c(CN3CCN4CCCCC4C3)c2c1. The van der Waals surface area contributed by atoms with E-state index in [4.69, 9.17) is 0 Å². The second-order valence-electron chi connectivity index (χ2n) is 7.61. The van der Waals surface area contributed by atoms with Crippen LogP contribution in [0.5, 0.6) is 0 Å². The van der Waals surface area contributed by atoms with Crippen molar-refractivity contribution >= 4 is 11.0 Å². The summed E-state index contributed by atoms with van der Waals surface area (Å²) in [5.41, 5.74) is 4.09. The minimum absolute atomic E-state index is 0.759. The number of nitrogens with one attached hydrogen (secondary N) is 1. The molecule has 2 aromatic rings. The minimum Gasteiger partial charge on any atom is -0.343 e. The first-order valence-electron chi connectivity index (χ1n) is 9.30. The highest BCUT2D eigenvalue weighted by atomic mass is 15.3. The first-order valence-corrected chi connectivity index (χ1v) is 9.30. The maximum Gasteiger partial charge on any atom is 0.137 e. The molecule has 1 atom stereocenters. The molecule has 2 aliphatic heterocycles. The van der Waals surface area contributed by atoms with Gasteiger partial charge in [0.15, 0.2) is 0 Å². The van der Waals surface area contributed by atoms with Crippen LogP contribution in [0.15, 0.2) is 18.3 Å². The quantitative estimate of drug-likeness (QED) is 0.946. The maximum absolute atomic E-state index is 4.55. The summed E-state index contributed by atoms with van der Waals surface area (Å²) >= 11 is 0. The van der Waals surface area contributed by atoms with Gasteiger partial charge in [-0.3, -0.25) is 9.80 Å². The van der Waals surface area contributed by atoms with Crippen molar-refractivity contribution < 1.29 is 0 Å². The Morgan fingerprint density at radius 1 is 1.13 bits per heavy atom. The van der Waals surface area contributed by atoms with Crippen molar-refractivity contribution in [1.29, 1.82) is 0 Å². The molecule has 0 bridgehead atoms. The second kappa shape index (κ2) is 5.60. The van der Waals surface area contributed by atoms with Crippen LogP contribution in [0.4, 0.5) is 0 Å². The van der Waals surface area contributed by atoms with Gasteiger partial charge in [0.25, 0.3) is 0 Å². The Balaban J connectivity index is 1.41. The van der Waals surface area contributed by atoms with Gasteiger partial charge in [-0.1, -0.05) is 6.42 Å². The van der Waals surface area contributed by atoms with Gasteiger partial charge in [-0.25, -0.2) is 4.98 Å². The smallest absolute Gasteiger partial charge is 0.137 e. The fraction of sp³-hybridized carbons (Fsp3) is 0.632. The van der Waals surface area contributed by atoms with Gasteiger partial charge < -0.3 is 4.98 Å². The molecular formula is C19H26N4. The van der Waals surface area contributed by atoms with E-state index in [9.17, 15) is 0 Å². The molecule has 4 nitrogen and oxygen atoms in total. The molecule has 1 N–H and O–H groups in total. The largest absolute Gasteiger partial charge is 0.343 e. The zero-order valence-electron chi connectivity index (χ0n) is 13.8. The van der Waals surface area contributed by atoms with Gasteiger partial charge in [-0.05, 0) is 55.8 Å². The Kier molecular flexibility index (Phi) is 3.41. The van der Waals surface area contributed by atoms with E-state index in [-0.39, 0.29) is 0 Å². The van der Waals surface area contributed by atoms with Gasteiger partial charge in [0, 0.05) is 49.5 Å². The molecule has 0 radical (unpaired) electrons. The molecule has 1 saturated carbocycles. The average Bonchev–Trinajstić information content (AvgIpc) is 3.38. The van der Waals surface area contributed by atoms with E-state index in [1.165, 1.54) is 74.9 Å². The molecule has 1 unspecified atom stereocenters. The third-order valence-electron chi connectivity index (χ3n) is 6.00. The van der Waals surface area contributed by atoms with Crippen LogP contribution in [0.3, 0.4) is 0 Å². The summed E-state index contributed by atoms with van der Waals surface area (Å²) in [6.07, 6.45) is 8.80. The Bertz CT molecular complexity index is 702. The highest BCUT2D eigenvalue weighted by Crippen LogP contribution is 2.43. The van der Waals surface area contributed by atoms with Crippen LogP contribution in [-0.2, 0) is 6.54 Å². The number of piperidine rings is 1. The molecule has 23 heavy (non-hydrogen) atoms. The van der Waals surface area contributed by atoms with E-state index in [0.29, 0.717) is 0 Å². The van der Waals surface area contributed by atoms with E-state index in [2.05, 4.69) is 31.9 Å². The van der Waals surface area contributed by atoms with Crippen LogP contribution in [0.1, 0.15) is 49.3 Å². The topological polar surface area (TPSA) is 35.2 Å². The van der Waals surface area contributed by atoms with Gasteiger partial charge in [-0.15, -0.1) is 0 Å². The number of hydrogen-bond donors (Lipinski definition) is 1. The van der Waals surface area contributed by atoms with E-state index >= 15 is 0 Å². The molecule has 2 saturated heterocycles. The Morgan fingerprint density at radius 3 is 3.00 bits per heavy atom. The molecule has 5 rings (SSSR count). The monoisotopic (exact) mass is 310 g/mol. The lowest BCUT2D eigenvalue weighted by Crippen LogP contribution is -2.54. The fourth-order valence-corrected chi connectivity index (χ4v) is 4.57. The molecule has 0 aromatic carbocycles. The van der Waals surface area contributed by atoms with Crippen molar-refractivity contribution in [2.45, 2.75) is 50.6 Å². The van der Waals surface area contributed by atoms with Crippen LogP contribution >= 0.6 is 0 Å². The average molecular weight is 310 g/mol. The molecule has 1 aliphatic carbocycles. The van der Waals surface area contributed by atoms with Gasteiger partial charge in [0.1, 0.15) is 5.65 Å². The summed E-state index contributed by atoms with van der Waals surface area (Å²) < 4.78 is 0. The predicted molar refractivity (Wildman–Crippen MR) is 92.6 cm³/mol. The highest BCUT2D eigenvalue weighted by Gasteiger charge is 2.32. The van der Waals surface area contributed by atoms with Gasteiger partial charge in [0.05, 0.1) is 0 Å². The lowest BCUT2D eigenvalue weighted by Gasteiger charge is -2.44. The lowest BCUT2D eigenvalue weighted by molar-refractivity contribution is 0.0457. The van der Waals surface area contributed by atoms with E-state index in [1.807, 2.05) is 6.20 Å². The number of pyridine rings is 1. The molecule has 4 heterocycles. The van der Waals surface area contributed by atoms with Crippen molar-refractivity contribution in [2.75, 3.05) is 26.2 Å². The first kappa shape index (κ1) is 14.0. The standard InChI is InChI=1S/C19H26N4/c1-2-9-23-11-10-22(12-15(23)4-1)13-17-16-5-3-8-20-19(16)21-18(17)14-6-7-14/h3,5,8,14-15H,1-2,4,6-7,9-13H2,(H,20,21). The van der Waals surface area contributed by atoms with E-state index in [1.54, 1.807) is 0 Å². The molecule has 0 amide bonds. The highest BCUT2D eigenvalue weighted by molar-refractivity contribution is 5.81. The number of aromatic amines is 1. The first-order chi connectivity index (χ1) is 11.4. The van der Waals surface area contributed by atoms with Crippen LogP contribution < -0.4 is 0 Å². The van der Waals surface area contributed by atoms with Crippen molar-refractivity contribution in [3.05, 3.63) is 29.6 Å². The lowest BCUT2D eigenvalue weighted by atomic mass is 9.99. The molecule has 2 aromatic heterocycles. The van der Waals surface area contributed by atoms with E-state index in [0.717, 1.165) is 24.2 Å². The van der Waals surface area contributed by atoms with Crippen LogP contribution in [0.2, 0.25) is 0 Å². The summed E-state index contributed by atoms with van der Waals surface area (Å²) in [5, 5.41) is 1.35. The van der Waals surface area contributed by atoms with Crippen molar-refractivity contribution in [3.8, 4) is 0 Å². The number of H-pyrrole nitrogens is 1. The Hall–Kier alpha value is -1.39. The predicted octanol–water partition coefficient (Wildman–Crippen LogP) is 3.11. The number of piperazine rings is 1. The molecule has 4 heteroatoms. The molecule has 3 aliphatic rings. The molecule has 0 spiro atoms. The van der Waals surface area contributed by atoms with Crippen molar-refractivity contribution in [2.24, 2.45) is 0 Å². The van der Waals surface area contributed by atoms with Gasteiger partial charge in [0.2, 0.25) is 0 Å². The molecule has 3 fully saturated rings. The minimum atomic E-state index is 0.759. The summed E-state index contributed by atoms with van der Waals surface area (Å²) in [6, 6.07) is 5.12. The Morgan fingerprint density at radius 2 is 2.09 bits per heavy atom. The number of fused-ring (bicyclic) bond motifs is 2. The summed E-state index contributed by atoms with van der Waals surface area (Å²) in [4.78, 5) is 13.6. The fourth-order valence-electron chi connectivity index (χ4n) is 4.57. The third kappa shape index (κ3) is 2.58. The maximum atomic E-state index is 4.55. The second-order valence-corrected chi connectivity index (χ2v) is 7.61. The normalized spacial score (nSPS) is 26.5. The van der Waals surface area contributed by atoms with Crippen LogP contribution in [0, 0.1) is 0 Å². The van der Waals surface area contributed by atoms with Crippen LogP contribution in [-0.4, -0.2) is 52.0 Å². The zero-order chi connectivity index (χ0) is 15.2. The Labute approximate surface area is 137 Å². The van der Waals surface area contributed by atoms with Gasteiger partial charge in [-0.2, -0.15) is 0 Å². The number of aromatic nitrogens is 2. The third-order valence-corrected chi connectivity index (χ3v) is 6.00.